The van der Waals surface area contributed by atoms with Gasteiger partial charge in [0, 0.05) is 15.7 Å². The summed E-state index contributed by atoms with van der Waals surface area (Å²) in [6, 6.07) is 9.96. The molecule has 2 aromatic carbocycles. The van der Waals surface area contributed by atoms with Crippen LogP contribution in [0.4, 0.5) is 0 Å². The first-order valence-corrected chi connectivity index (χ1v) is 10.8. The Kier molecular flexibility index (Phi) is 4.81. The van der Waals surface area contributed by atoms with Crippen molar-refractivity contribution in [1.29, 1.82) is 0 Å². The molecule has 0 saturated heterocycles. The van der Waals surface area contributed by atoms with Crippen molar-refractivity contribution in [3.05, 3.63) is 68.2 Å². The molecular weight excluding hydrogens is 372 g/mol. The van der Waals surface area contributed by atoms with Gasteiger partial charge in [0.15, 0.2) is 0 Å². The summed E-state index contributed by atoms with van der Waals surface area (Å²) >= 11 is 0. The van der Waals surface area contributed by atoms with Gasteiger partial charge in [-0.2, -0.15) is 0 Å². The molecule has 0 amide bonds. The molecule has 0 radical (unpaired) electrons. The van der Waals surface area contributed by atoms with Crippen LogP contribution in [0.5, 0.6) is 0 Å². The number of hydrogen-bond donors (Lipinski definition) is 2. The lowest BCUT2D eigenvalue weighted by atomic mass is 10.0. The molecule has 0 spiro atoms. The molecule has 0 unspecified atom stereocenters. The van der Waals surface area contributed by atoms with Crippen molar-refractivity contribution in [2.45, 2.75) is 36.5 Å². The summed E-state index contributed by atoms with van der Waals surface area (Å²) in [5.74, 6) is 0.0329. The predicted octanol–water partition coefficient (Wildman–Crippen LogP) is 3.13. The van der Waals surface area contributed by atoms with E-state index in [1.807, 2.05) is 20.8 Å². The van der Waals surface area contributed by atoms with Crippen LogP contribution < -0.4 is 11.1 Å². The molecule has 8 heteroatoms. The van der Waals surface area contributed by atoms with Crippen LogP contribution in [-0.4, -0.2) is 18.4 Å². The first kappa shape index (κ1) is 18.5. The fourth-order valence-electron chi connectivity index (χ4n) is 2.56. The van der Waals surface area contributed by atoms with Crippen molar-refractivity contribution >= 4 is 30.7 Å². The number of H-pyrrole nitrogens is 2. The monoisotopic (exact) mass is 390 g/mol. The second-order valence-electron chi connectivity index (χ2n) is 6.35. The van der Waals surface area contributed by atoms with Crippen molar-refractivity contribution in [3.63, 3.8) is 0 Å². The van der Waals surface area contributed by atoms with Gasteiger partial charge in [0.2, 0.25) is 8.87 Å². The highest BCUT2D eigenvalue weighted by molar-refractivity contribution is 8.72. The van der Waals surface area contributed by atoms with Crippen LogP contribution in [0.1, 0.15) is 30.9 Å². The average Bonchev–Trinajstić information content (AvgIpc) is 2.55. The van der Waals surface area contributed by atoms with Gasteiger partial charge in [-0.25, -0.2) is 8.42 Å². The Labute approximate surface area is 154 Å². The fourth-order valence-corrected chi connectivity index (χ4v) is 5.68. The molecular formula is C18H18N2O4S2. The molecule has 26 heavy (non-hydrogen) atoms. The minimum Gasteiger partial charge on any atom is -0.316 e. The van der Waals surface area contributed by atoms with Gasteiger partial charge in [0.25, 0.3) is 0 Å². The molecule has 6 nitrogen and oxygen atoms in total. The van der Waals surface area contributed by atoms with Crippen molar-refractivity contribution in [3.8, 4) is 0 Å². The molecule has 3 rings (SSSR count). The summed E-state index contributed by atoms with van der Waals surface area (Å²) < 4.78 is 25.6. The Balaban J connectivity index is 2.15. The summed E-state index contributed by atoms with van der Waals surface area (Å²) in [6.07, 6.45) is 0. The Hall–Kier alpha value is -2.32. The van der Waals surface area contributed by atoms with Crippen molar-refractivity contribution in [2.24, 2.45) is 0 Å². The van der Waals surface area contributed by atoms with Gasteiger partial charge in [-0.15, -0.1) is 0 Å². The van der Waals surface area contributed by atoms with Crippen LogP contribution in [-0.2, 0) is 8.87 Å². The number of hydrogen-bond acceptors (Lipinski definition) is 5. The van der Waals surface area contributed by atoms with E-state index in [-0.39, 0.29) is 10.8 Å². The standard InChI is InChI=1S/C18H18N2O4S2/c1-10(2)13-8-14-15(20-18(22)17(21)19-14)9-16(13)25-26(23,24)12-6-4-11(3)5-7-12/h4-10H,1-3H3,(H,19,21)(H,20,22). The third-order valence-electron chi connectivity index (χ3n) is 3.98. The Morgan fingerprint density at radius 2 is 1.46 bits per heavy atom. The zero-order chi connectivity index (χ0) is 19.1. The molecule has 0 aliphatic rings. The number of aryl methyl sites for hydroxylation is 1. The molecule has 0 bridgehead atoms. The van der Waals surface area contributed by atoms with E-state index in [1.54, 1.807) is 36.4 Å². The van der Waals surface area contributed by atoms with E-state index in [9.17, 15) is 18.0 Å². The molecule has 1 heterocycles. The number of aromatic amines is 2. The lowest BCUT2D eigenvalue weighted by molar-refractivity contribution is 0.610. The van der Waals surface area contributed by atoms with Gasteiger partial charge in [-0.1, -0.05) is 31.5 Å². The Morgan fingerprint density at radius 1 is 0.923 bits per heavy atom. The topological polar surface area (TPSA) is 99.9 Å². The first-order valence-electron chi connectivity index (χ1n) is 7.99. The number of aromatic nitrogens is 2. The molecule has 0 aliphatic carbocycles. The number of rotatable bonds is 4. The summed E-state index contributed by atoms with van der Waals surface area (Å²) in [7, 11) is -2.88. The van der Waals surface area contributed by atoms with Gasteiger partial charge in [0.1, 0.15) is 0 Å². The third-order valence-corrected chi connectivity index (χ3v) is 7.36. The van der Waals surface area contributed by atoms with Gasteiger partial charge in [-0.3, -0.25) is 9.59 Å². The molecule has 2 N–H and O–H groups in total. The second-order valence-corrected chi connectivity index (χ2v) is 10.2. The summed E-state index contributed by atoms with van der Waals surface area (Å²) in [5.41, 5.74) is 1.10. The van der Waals surface area contributed by atoms with Crippen LogP contribution >= 0.6 is 10.8 Å². The predicted molar refractivity (Wildman–Crippen MR) is 104 cm³/mol. The maximum Gasteiger partial charge on any atom is 0.314 e. The first-order chi connectivity index (χ1) is 12.2. The number of nitrogens with one attached hydrogen (secondary N) is 2. The maximum atomic E-state index is 12.8. The minimum atomic E-state index is -3.62. The molecule has 0 atom stereocenters. The van der Waals surface area contributed by atoms with Crippen molar-refractivity contribution < 1.29 is 8.42 Å². The lowest BCUT2D eigenvalue weighted by Gasteiger charge is -2.14. The van der Waals surface area contributed by atoms with Gasteiger partial charge in [-0.05, 0) is 42.7 Å². The number of benzene rings is 2. The summed E-state index contributed by atoms with van der Waals surface area (Å²) in [6.45, 7) is 5.77. The van der Waals surface area contributed by atoms with E-state index in [4.69, 9.17) is 0 Å². The van der Waals surface area contributed by atoms with E-state index in [2.05, 4.69) is 9.97 Å². The van der Waals surface area contributed by atoms with Crippen molar-refractivity contribution in [2.75, 3.05) is 0 Å². The summed E-state index contributed by atoms with van der Waals surface area (Å²) in [5, 5.41) is 0. The Bertz CT molecular complexity index is 1190. The second kappa shape index (κ2) is 6.77. The zero-order valence-corrected chi connectivity index (χ0v) is 16.1. The third kappa shape index (κ3) is 3.61. The highest BCUT2D eigenvalue weighted by atomic mass is 33.1. The number of fused-ring (bicyclic) bond motifs is 1. The molecule has 3 aromatic rings. The smallest absolute Gasteiger partial charge is 0.314 e. The SMILES string of the molecule is Cc1ccc(S(=O)(=O)Sc2cc3[nH]c(=O)c(=O)[nH]c3cc2C(C)C)cc1. The normalized spacial score (nSPS) is 12.0. The Morgan fingerprint density at radius 3 is 2.00 bits per heavy atom. The van der Waals surface area contributed by atoms with Crippen molar-refractivity contribution in [1.82, 2.24) is 9.97 Å². The van der Waals surface area contributed by atoms with E-state index in [0.29, 0.717) is 15.9 Å². The quantitative estimate of drug-likeness (QED) is 0.527. The van der Waals surface area contributed by atoms with E-state index < -0.39 is 20.0 Å². The van der Waals surface area contributed by atoms with Gasteiger partial charge < -0.3 is 9.97 Å². The van der Waals surface area contributed by atoms with Crippen LogP contribution in [0.15, 0.2) is 55.8 Å². The highest BCUT2D eigenvalue weighted by Crippen LogP contribution is 2.37. The average molecular weight is 390 g/mol. The minimum absolute atomic E-state index is 0.0329. The maximum absolute atomic E-state index is 12.8. The molecule has 0 saturated carbocycles. The fraction of sp³-hybridized carbons (Fsp3) is 0.222. The summed E-state index contributed by atoms with van der Waals surface area (Å²) in [4.78, 5) is 28.9. The molecule has 0 fully saturated rings. The van der Waals surface area contributed by atoms with E-state index in [1.165, 1.54) is 0 Å². The molecule has 136 valence electrons. The van der Waals surface area contributed by atoms with E-state index in [0.717, 1.165) is 21.9 Å². The van der Waals surface area contributed by atoms with Gasteiger partial charge >= 0.3 is 11.1 Å². The van der Waals surface area contributed by atoms with E-state index >= 15 is 0 Å². The van der Waals surface area contributed by atoms with Gasteiger partial charge in [0.05, 0.1) is 15.9 Å². The van der Waals surface area contributed by atoms with Crippen LogP contribution in [0.3, 0.4) is 0 Å². The largest absolute Gasteiger partial charge is 0.316 e. The van der Waals surface area contributed by atoms with Crippen LogP contribution in [0, 0.1) is 6.92 Å². The molecule has 0 aliphatic heterocycles. The lowest BCUT2D eigenvalue weighted by Crippen LogP contribution is -2.29. The molecule has 1 aromatic heterocycles. The zero-order valence-electron chi connectivity index (χ0n) is 14.5. The highest BCUT2D eigenvalue weighted by Gasteiger charge is 2.20. The van der Waals surface area contributed by atoms with Crippen LogP contribution in [0.25, 0.3) is 11.0 Å². The van der Waals surface area contributed by atoms with Crippen LogP contribution in [0.2, 0.25) is 0 Å².